The number of benzene rings is 2. The van der Waals surface area contributed by atoms with E-state index in [1.54, 1.807) is 43.3 Å². The van der Waals surface area contributed by atoms with E-state index in [1.807, 2.05) is 31.2 Å². The van der Waals surface area contributed by atoms with E-state index < -0.39 is 0 Å². The quantitative estimate of drug-likeness (QED) is 0.670. The third kappa shape index (κ3) is 7.03. The summed E-state index contributed by atoms with van der Waals surface area (Å²) in [6.07, 6.45) is 0. The van der Waals surface area contributed by atoms with Crippen LogP contribution in [0.15, 0.2) is 53.0 Å². The predicted molar refractivity (Wildman–Crippen MR) is 110 cm³/mol. The zero-order valence-electron chi connectivity index (χ0n) is 15.7. The van der Waals surface area contributed by atoms with E-state index in [9.17, 15) is 9.59 Å². The summed E-state index contributed by atoms with van der Waals surface area (Å²) in [4.78, 5) is 26.0. The Labute approximate surface area is 168 Å². The van der Waals surface area contributed by atoms with Gasteiger partial charge in [0.05, 0.1) is 26.2 Å². The molecule has 0 spiro atoms. The lowest BCUT2D eigenvalue weighted by atomic mass is 10.1. The molecule has 0 bridgehead atoms. The summed E-state index contributed by atoms with van der Waals surface area (Å²) in [5.41, 5.74) is 1.70. The number of methoxy groups -OCH3 is 1. The van der Waals surface area contributed by atoms with Crippen LogP contribution in [0, 0.1) is 0 Å². The van der Waals surface area contributed by atoms with Crippen molar-refractivity contribution in [3.8, 4) is 5.75 Å². The first-order valence-electron chi connectivity index (χ1n) is 8.54. The molecule has 0 aliphatic rings. The fourth-order valence-corrected chi connectivity index (χ4v) is 2.81. The number of halogens is 1. The van der Waals surface area contributed by atoms with E-state index in [-0.39, 0.29) is 30.9 Å². The van der Waals surface area contributed by atoms with Crippen LogP contribution in [0.4, 0.5) is 5.69 Å². The first-order valence-corrected chi connectivity index (χ1v) is 9.34. The van der Waals surface area contributed by atoms with E-state index in [4.69, 9.17) is 4.74 Å². The van der Waals surface area contributed by atoms with Crippen LogP contribution in [-0.4, -0.2) is 44.0 Å². The van der Waals surface area contributed by atoms with Gasteiger partial charge >= 0.3 is 0 Å². The lowest BCUT2D eigenvalue weighted by molar-refractivity contribution is -0.123. The van der Waals surface area contributed by atoms with Crippen LogP contribution in [0.25, 0.3) is 0 Å². The van der Waals surface area contributed by atoms with Crippen molar-refractivity contribution >= 4 is 33.4 Å². The number of hydrogen-bond donors (Lipinski definition) is 2. The number of likely N-dealkylation sites (N-methyl/N-ethyl adjacent to an activating group) is 1. The lowest BCUT2D eigenvalue weighted by Crippen LogP contribution is -2.39. The maximum absolute atomic E-state index is 12.2. The lowest BCUT2D eigenvalue weighted by Gasteiger charge is -2.19. The summed E-state index contributed by atoms with van der Waals surface area (Å²) >= 11 is 3.39. The second-order valence-corrected chi connectivity index (χ2v) is 7.21. The number of rotatable bonds is 8. The number of hydrogen-bond acceptors (Lipinski definition) is 4. The molecule has 2 aromatic carbocycles. The smallest absolute Gasteiger partial charge is 0.238 e. The maximum Gasteiger partial charge on any atom is 0.238 e. The van der Waals surface area contributed by atoms with Crippen LogP contribution < -0.4 is 15.4 Å². The molecule has 0 heterocycles. The van der Waals surface area contributed by atoms with Gasteiger partial charge in [0.15, 0.2) is 0 Å². The van der Waals surface area contributed by atoms with E-state index in [0.29, 0.717) is 5.69 Å². The van der Waals surface area contributed by atoms with Crippen LogP contribution in [0.1, 0.15) is 18.5 Å². The first kappa shape index (κ1) is 20.9. The minimum absolute atomic E-state index is 0.105. The van der Waals surface area contributed by atoms with Gasteiger partial charge in [0.2, 0.25) is 11.8 Å². The van der Waals surface area contributed by atoms with Crippen molar-refractivity contribution < 1.29 is 14.3 Å². The highest BCUT2D eigenvalue weighted by atomic mass is 79.9. The molecule has 0 fully saturated rings. The average Bonchev–Trinajstić information content (AvgIpc) is 2.62. The number of ether oxygens (including phenoxy) is 1. The number of carbonyl (C=O) groups excluding carboxylic acids is 2. The molecule has 27 heavy (non-hydrogen) atoms. The van der Waals surface area contributed by atoms with Gasteiger partial charge < -0.3 is 15.4 Å². The Kier molecular flexibility index (Phi) is 7.82. The normalized spacial score (nSPS) is 11.7. The summed E-state index contributed by atoms with van der Waals surface area (Å²) in [6.45, 7) is 2.18. The van der Waals surface area contributed by atoms with Crippen LogP contribution in [0.5, 0.6) is 5.75 Å². The number of anilines is 1. The van der Waals surface area contributed by atoms with Crippen molar-refractivity contribution in [1.82, 2.24) is 10.2 Å². The molecule has 7 heteroatoms. The first-order chi connectivity index (χ1) is 12.9. The van der Waals surface area contributed by atoms with Crippen LogP contribution >= 0.6 is 15.9 Å². The Bertz CT molecular complexity index is 763. The molecule has 0 aliphatic heterocycles. The third-order valence-corrected chi connectivity index (χ3v) is 4.48. The van der Waals surface area contributed by atoms with Gasteiger partial charge in [-0.2, -0.15) is 0 Å². The van der Waals surface area contributed by atoms with Crippen molar-refractivity contribution in [3.63, 3.8) is 0 Å². The van der Waals surface area contributed by atoms with Crippen molar-refractivity contribution in [3.05, 3.63) is 58.6 Å². The summed E-state index contributed by atoms with van der Waals surface area (Å²) in [7, 11) is 3.32. The maximum atomic E-state index is 12.2. The molecule has 2 rings (SSSR count). The zero-order valence-corrected chi connectivity index (χ0v) is 17.2. The Balaban J connectivity index is 1.77. The Morgan fingerprint density at radius 2 is 1.63 bits per heavy atom. The van der Waals surface area contributed by atoms with Gasteiger partial charge in [-0.1, -0.05) is 28.1 Å². The van der Waals surface area contributed by atoms with E-state index in [0.717, 1.165) is 15.8 Å². The van der Waals surface area contributed by atoms with Crippen molar-refractivity contribution in [1.29, 1.82) is 0 Å². The minimum atomic E-state index is -0.184. The second-order valence-electron chi connectivity index (χ2n) is 6.29. The van der Waals surface area contributed by atoms with Crippen molar-refractivity contribution in [2.45, 2.75) is 13.0 Å². The van der Waals surface area contributed by atoms with Gasteiger partial charge in [-0.05, 0) is 55.9 Å². The number of amides is 2. The Morgan fingerprint density at radius 3 is 2.22 bits per heavy atom. The molecule has 144 valence electrons. The van der Waals surface area contributed by atoms with Gasteiger partial charge in [-0.25, -0.2) is 0 Å². The van der Waals surface area contributed by atoms with Gasteiger partial charge in [-0.15, -0.1) is 0 Å². The van der Waals surface area contributed by atoms with Crippen molar-refractivity contribution in [2.75, 3.05) is 32.6 Å². The van der Waals surface area contributed by atoms with E-state index in [1.165, 1.54) is 0 Å². The Morgan fingerprint density at radius 1 is 1.04 bits per heavy atom. The van der Waals surface area contributed by atoms with Gasteiger partial charge in [0, 0.05) is 10.2 Å². The summed E-state index contributed by atoms with van der Waals surface area (Å²) in [6, 6.07) is 14.8. The highest BCUT2D eigenvalue weighted by Crippen LogP contribution is 2.16. The minimum Gasteiger partial charge on any atom is -0.497 e. The molecule has 2 N–H and O–H groups in total. The molecule has 0 saturated heterocycles. The fourth-order valence-electron chi connectivity index (χ4n) is 2.54. The monoisotopic (exact) mass is 433 g/mol. The largest absolute Gasteiger partial charge is 0.497 e. The van der Waals surface area contributed by atoms with Crippen molar-refractivity contribution in [2.24, 2.45) is 0 Å². The van der Waals surface area contributed by atoms with Gasteiger partial charge in [-0.3, -0.25) is 14.5 Å². The SMILES string of the molecule is COc1ccc(NC(=O)CN(C)CC(=O)NC(C)c2ccc(Br)cc2)cc1. The molecular formula is C20H24BrN3O3. The second kappa shape index (κ2) is 10.1. The molecule has 0 radical (unpaired) electrons. The van der Waals surface area contributed by atoms with E-state index in [2.05, 4.69) is 26.6 Å². The number of carbonyl (C=O) groups is 2. The average molecular weight is 434 g/mol. The molecule has 2 amide bonds. The number of nitrogens with zero attached hydrogens (tertiary/aromatic N) is 1. The zero-order chi connectivity index (χ0) is 19.8. The predicted octanol–water partition coefficient (Wildman–Crippen LogP) is 3.21. The molecule has 1 atom stereocenters. The molecule has 6 nitrogen and oxygen atoms in total. The summed E-state index contributed by atoms with van der Waals surface area (Å²) < 4.78 is 6.08. The Hall–Kier alpha value is -2.38. The third-order valence-electron chi connectivity index (χ3n) is 3.95. The molecule has 0 saturated carbocycles. The highest BCUT2D eigenvalue weighted by Gasteiger charge is 2.14. The molecule has 0 aromatic heterocycles. The summed E-state index contributed by atoms with van der Waals surface area (Å²) in [5, 5.41) is 5.74. The standard InChI is InChI=1S/C20H24BrN3O3/c1-14(15-4-6-16(21)7-5-15)22-19(25)12-24(2)13-20(26)23-17-8-10-18(27-3)11-9-17/h4-11,14H,12-13H2,1-3H3,(H,22,25)(H,23,26). The van der Waals surface area contributed by atoms with Crippen LogP contribution in [-0.2, 0) is 9.59 Å². The molecule has 1 unspecified atom stereocenters. The van der Waals surface area contributed by atoms with E-state index >= 15 is 0 Å². The molecule has 0 aliphatic carbocycles. The summed E-state index contributed by atoms with van der Waals surface area (Å²) in [5.74, 6) is 0.406. The fraction of sp³-hybridized carbons (Fsp3) is 0.300. The molecular weight excluding hydrogens is 410 g/mol. The van der Waals surface area contributed by atoms with Crippen LogP contribution in [0.2, 0.25) is 0 Å². The topological polar surface area (TPSA) is 70.7 Å². The van der Waals surface area contributed by atoms with Crippen LogP contribution in [0.3, 0.4) is 0 Å². The number of nitrogens with one attached hydrogen (secondary N) is 2. The molecule has 2 aromatic rings. The van der Waals surface area contributed by atoms with Gasteiger partial charge in [0.1, 0.15) is 5.75 Å². The van der Waals surface area contributed by atoms with Gasteiger partial charge in [0.25, 0.3) is 0 Å². The highest BCUT2D eigenvalue weighted by molar-refractivity contribution is 9.10.